The van der Waals surface area contributed by atoms with Crippen molar-refractivity contribution in [3.8, 4) is 0 Å². The van der Waals surface area contributed by atoms with Gasteiger partial charge in [0.25, 0.3) is 0 Å². The molecule has 0 saturated carbocycles. The SMILES string of the molecule is CC(N)c1ncc2ccsc2n1. The van der Waals surface area contributed by atoms with Crippen LogP contribution in [0.4, 0.5) is 0 Å². The Balaban J connectivity index is 2.60. The van der Waals surface area contributed by atoms with E-state index in [1.165, 1.54) is 0 Å². The Morgan fingerprint density at radius 2 is 2.42 bits per heavy atom. The van der Waals surface area contributed by atoms with Crippen LogP contribution >= 0.6 is 11.3 Å². The molecule has 0 fully saturated rings. The zero-order valence-corrected chi connectivity index (χ0v) is 7.51. The van der Waals surface area contributed by atoms with Gasteiger partial charge in [-0.1, -0.05) is 0 Å². The number of aromatic nitrogens is 2. The number of hydrogen-bond donors (Lipinski definition) is 1. The molecule has 0 aromatic carbocycles. The normalized spacial score (nSPS) is 13.5. The van der Waals surface area contributed by atoms with Crippen LogP contribution in [-0.4, -0.2) is 9.97 Å². The summed E-state index contributed by atoms with van der Waals surface area (Å²) in [6.07, 6.45) is 1.82. The molecule has 2 N–H and O–H groups in total. The van der Waals surface area contributed by atoms with E-state index in [-0.39, 0.29) is 6.04 Å². The van der Waals surface area contributed by atoms with E-state index < -0.39 is 0 Å². The highest BCUT2D eigenvalue weighted by Gasteiger charge is 2.04. The van der Waals surface area contributed by atoms with E-state index in [4.69, 9.17) is 5.73 Å². The van der Waals surface area contributed by atoms with E-state index in [1.54, 1.807) is 11.3 Å². The first-order valence-corrected chi connectivity index (χ1v) is 4.61. The molecule has 12 heavy (non-hydrogen) atoms. The van der Waals surface area contributed by atoms with Crippen molar-refractivity contribution in [3.63, 3.8) is 0 Å². The zero-order valence-electron chi connectivity index (χ0n) is 6.69. The Morgan fingerprint density at radius 3 is 3.17 bits per heavy atom. The fourth-order valence-electron chi connectivity index (χ4n) is 0.988. The van der Waals surface area contributed by atoms with Crippen LogP contribution in [-0.2, 0) is 0 Å². The molecule has 2 rings (SSSR count). The first kappa shape index (κ1) is 7.64. The van der Waals surface area contributed by atoms with Gasteiger partial charge >= 0.3 is 0 Å². The van der Waals surface area contributed by atoms with Crippen molar-refractivity contribution in [2.24, 2.45) is 5.73 Å². The van der Waals surface area contributed by atoms with E-state index in [2.05, 4.69) is 9.97 Å². The predicted octanol–water partition coefficient (Wildman–Crippen LogP) is 1.71. The van der Waals surface area contributed by atoms with Crippen molar-refractivity contribution in [2.45, 2.75) is 13.0 Å². The standard InChI is InChI=1S/C8H9N3S/c1-5(9)7-10-4-6-2-3-12-8(6)11-7/h2-5H,9H2,1H3. The smallest absolute Gasteiger partial charge is 0.146 e. The molecule has 0 saturated heterocycles. The minimum Gasteiger partial charge on any atom is -0.322 e. The summed E-state index contributed by atoms with van der Waals surface area (Å²) in [5, 5.41) is 3.09. The Morgan fingerprint density at radius 1 is 1.58 bits per heavy atom. The van der Waals surface area contributed by atoms with Gasteiger partial charge in [0.1, 0.15) is 10.7 Å². The second-order valence-electron chi connectivity index (χ2n) is 2.70. The first-order valence-electron chi connectivity index (χ1n) is 3.73. The van der Waals surface area contributed by atoms with Crippen molar-refractivity contribution < 1.29 is 0 Å². The van der Waals surface area contributed by atoms with Gasteiger partial charge in [0.05, 0.1) is 6.04 Å². The van der Waals surface area contributed by atoms with Crippen LogP contribution in [0.2, 0.25) is 0 Å². The Bertz CT molecular complexity index is 394. The summed E-state index contributed by atoms with van der Waals surface area (Å²) < 4.78 is 0. The lowest BCUT2D eigenvalue weighted by atomic mass is 10.3. The van der Waals surface area contributed by atoms with Crippen LogP contribution < -0.4 is 5.73 Å². The van der Waals surface area contributed by atoms with E-state index >= 15 is 0 Å². The maximum Gasteiger partial charge on any atom is 0.146 e. The molecule has 2 aromatic heterocycles. The van der Waals surface area contributed by atoms with Gasteiger partial charge in [0.2, 0.25) is 0 Å². The van der Waals surface area contributed by atoms with Crippen molar-refractivity contribution in [2.75, 3.05) is 0 Å². The largest absolute Gasteiger partial charge is 0.322 e. The van der Waals surface area contributed by atoms with Gasteiger partial charge in [0.15, 0.2) is 0 Å². The third-order valence-electron chi connectivity index (χ3n) is 1.63. The molecule has 0 bridgehead atoms. The van der Waals surface area contributed by atoms with Crippen LogP contribution in [0.25, 0.3) is 10.2 Å². The maximum absolute atomic E-state index is 5.65. The first-order chi connectivity index (χ1) is 5.77. The quantitative estimate of drug-likeness (QED) is 0.725. The third-order valence-corrected chi connectivity index (χ3v) is 2.46. The van der Waals surface area contributed by atoms with Gasteiger partial charge in [0, 0.05) is 11.6 Å². The summed E-state index contributed by atoms with van der Waals surface area (Å²) in [5.74, 6) is 0.713. The fraction of sp³-hybridized carbons (Fsp3) is 0.250. The molecular weight excluding hydrogens is 170 g/mol. The van der Waals surface area contributed by atoms with Gasteiger partial charge in [-0.2, -0.15) is 0 Å². The Kier molecular flexibility index (Phi) is 1.78. The zero-order chi connectivity index (χ0) is 8.55. The molecule has 0 aliphatic rings. The summed E-state index contributed by atoms with van der Waals surface area (Å²) in [7, 11) is 0. The van der Waals surface area contributed by atoms with Gasteiger partial charge in [-0.25, -0.2) is 9.97 Å². The number of nitrogens with two attached hydrogens (primary N) is 1. The molecule has 62 valence electrons. The maximum atomic E-state index is 5.65. The van der Waals surface area contributed by atoms with Crippen molar-refractivity contribution in [3.05, 3.63) is 23.5 Å². The summed E-state index contributed by atoms with van der Waals surface area (Å²) in [6, 6.07) is 1.92. The summed E-state index contributed by atoms with van der Waals surface area (Å²) in [4.78, 5) is 9.48. The van der Waals surface area contributed by atoms with Crippen LogP contribution in [0.3, 0.4) is 0 Å². The van der Waals surface area contributed by atoms with Crippen molar-refractivity contribution in [1.82, 2.24) is 9.97 Å². The third kappa shape index (κ3) is 1.19. The lowest BCUT2D eigenvalue weighted by molar-refractivity contribution is 0.747. The minimum absolute atomic E-state index is 0.0866. The lowest BCUT2D eigenvalue weighted by Gasteiger charge is -2.01. The number of nitrogens with zero attached hydrogens (tertiary/aromatic N) is 2. The van der Waals surface area contributed by atoms with E-state index in [0.29, 0.717) is 5.82 Å². The molecule has 1 atom stereocenters. The molecule has 0 aliphatic heterocycles. The lowest BCUT2D eigenvalue weighted by Crippen LogP contribution is -2.08. The van der Waals surface area contributed by atoms with Gasteiger partial charge in [-0.3, -0.25) is 0 Å². The van der Waals surface area contributed by atoms with E-state index in [1.807, 2.05) is 24.6 Å². The van der Waals surface area contributed by atoms with Gasteiger partial charge < -0.3 is 5.73 Å². The molecule has 0 amide bonds. The minimum atomic E-state index is -0.0866. The molecular formula is C8H9N3S. The number of hydrogen-bond acceptors (Lipinski definition) is 4. The van der Waals surface area contributed by atoms with E-state index in [9.17, 15) is 0 Å². The monoisotopic (exact) mass is 179 g/mol. The summed E-state index contributed by atoms with van der Waals surface area (Å²) in [6.45, 7) is 1.88. The van der Waals surface area contributed by atoms with Gasteiger partial charge in [-0.05, 0) is 18.4 Å². The highest BCUT2D eigenvalue weighted by Crippen LogP contribution is 2.18. The molecule has 0 spiro atoms. The molecule has 4 heteroatoms. The number of rotatable bonds is 1. The molecule has 2 aromatic rings. The second-order valence-corrected chi connectivity index (χ2v) is 3.59. The van der Waals surface area contributed by atoms with Crippen LogP contribution in [0.5, 0.6) is 0 Å². The highest BCUT2D eigenvalue weighted by atomic mass is 32.1. The highest BCUT2D eigenvalue weighted by molar-refractivity contribution is 7.16. The molecule has 0 aliphatic carbocycles. The topological polar surface area (TPSA) is 51.8 Å². The molecule has 3 nitrogen and oxygen atoms in total. The summed E-state index contributed by atoms with van der Waals surface area (Å²) in [5.41, 5.74) is 5.65. The molecule has 0 radical (unpaired) electrons. The number of fused-ring (bicyclic) bond motifs is 1. The number of thiophene rings is 1. The Hall–Kier alpha value is -1.00. The van der Waals surface area contributed by atoms with Crippen molar-refractivity contribution >= 4 is 21.6 Å². The Labute approximate surface area is 74.3 Å². The predicted molar refractivity (Wildman–Crippen MR) is 50.0 cm³/mol. The van der Waals surface area contributed by atoms with E-state index in [0.717, 1.165) is 10.2 Å². The van der Waals surface area contributed by atoms with Gasteiger partial charge in [-0.15, -0.1) is 11.3 Å². The molecule has 1 unspecified atom stereocenters. The van der Waals surface area contributed by atoms with Crippen LogP contribution in [0.15, 0.2) is 17.6 Å². The second kappa shape index (κ2) is 2.80. The fourth-order valence-corrected chi connectivity index (χ4v) is 1.73. The van der Waals surface area contributed by atoms with Crippen LogP contribution in [0.1, 0.15) is 18.8 Å². The van der Waals surface area contributed by atoms with Crippen molar-refractivity contribution in [1.29, 1.82) is 0 Å². The average Bonchev–Trinajstić information content (AvgIpc) is 2.49. The average molecular weight is 179 g/mol. The molecule has 2 heterocycles. The summed E-state index contributed by atoms with van der Waals surface area (Å²) >= 11 is 1.61. The van der Waals surface area contributed by atoms with Crippen LogP contribution in [0, 0.1) is 0 Å².